The van der Waals surface area contributed by atoms with Crippen molar-refractivity contribution < 1.29 is 62.2 Å². The van der Waals surface area contributed by atoms with Crippen LogP contribution in [0.3, 0.4) is 0 Å². The lowest BCUT2D eigenvalue weighted by Gasteiger charge is -2.31. The fourth-order valence-corrected chi connectivity index (χ4v) is 2.55. The van der Waals surface area contributed by atoms with Crippen molar-refractivity contribution in [1.82, 2.24) is 0 Å². The predicted octanol–water partition coefficient (Wildman–Crippen LogP) is -7.86. The van der Waals surface area contributed by atoms with Gasteiger partial charge in [-0.1, -0.05) is 0 Å². The number of aliphatic hydroxyl groups is 7. The average Bonchev–Trinajstić information content (AvgIpc) is 2.53. The molecule has 0 aromatic rings. The van der Waals surface area contributed by atoms with Crippen molar-refractivity contribution in [1.29, 1.82) is 0 Å². The van der Waals surface area contributed by atoms with Gasteiger partial charge in [0.05, 0.1) is 0 Å². The molecule has 0 aromatic heterocycles. The topological polar surface area (TPSA) is 296 Å². The highest BCUT2D eigenvalue weighted by molar-refractivity contribution is 8.04. The first-order chi connectivity index (χ1) is 11.4. The second-order valence-corrected chi connectivity index (χ2v) is 8.06. The first-order valence-corrected chi connectivity index (χ1v) is 9.43. The quantitative estimate of drug-likeness (QED) is 0.174. The molecule has 15 nitrogen and oxygen atoms in total. The highest BCUT2D eigenvalue weighted by Gasteiger charge is 2.45. The molecule has 0 radical (unpaired) electrons. The number of aliphatic hydroxyl groups excluding tert-OH is 7. The second kappa shape index (κ2) is 8.71. The molecule has 17 heteroatoms. The lowest BCUT2D eigenvalue weighted by Crippen LogP contribution is -2.57. The zero-order valence-electron chi connectivity index (χ0n) is 12.6. The maximum absolute atomic E-state index is 11.2. The first-order valence-electron chi connectivity index (χ1n) is 6.34. The standard InChI is InChI=1S/C9H18N2O13S2/c10-25(21,22)8(19)6(17)4(15)2(13)1(12)3(14)5(16)7(18)9(20)26(11,23)24/h1-7,12-18H,(H2,10,21,22)(H2,11,23,24). The number of hydrogen-bond donors (Lipinski definition) is 9. The molecule has 0 heterocycles. The van der Waals surface area contributed by atoms with Gasteiger partial charge in [0.25, 0.3) is 30.3 Å². The molecule has 0 aliphatic carbocycles. The summed E-state index contributed by atoms with van der Waals surface area (Å²) in [5.41, 5.74) is 0. The Labute approximate surface area is 146 Å². The lowest BCUT2D eigenvalue weighted by molar-refractivity contribution is -0.170. The van der Waals surface area contributed by atoms with Gasteiger partial charge in [-0.2, -0.15) is 0 Å². The average molecular weight is 426 g/mol. The molecule has 0 amide bonds. The molecule has 0 saturated heterocycles. The number of carbonyl (C=O) groups excluding carboxylic acids is 2. The van der Waals surface area contributed by atoms with Crippen molar-refractivity contribution in [3.63, 3.8) is 0 Å². The Kier molecular flexibility index (Phi) is 8.34. The fourth-order valence-electron chi connectivity index (χ4n) is 1.60. The Morgan fingerprint density at radius 2 is 0.731 bits per heavy atom. The third-order valence-corrected chi connectivity index (χ3v) is 4.70. The lowest BCUT2D eigenvalue weighted by atomic mass is 9.95. The van der Waals surface area contributed by atoms with Crippen molar-refractivity contribution in [2.45, 2.75) is 42.7 Å². The number of nitrogens with two attached hydrogens (primary N) is 2. The van der Waals surface area contributed by atoms with Crippen molar-refractivity contribution in [2.75, 3.05) is 0 Å². The Hall–Kier alpha value is -1.12. The van der Waals surface area contributed by atoms with Crippen LogP contribution in [-0.4, -0.2) is 106 Å². The van der Waals surface area contributed by atoms with Crippen molar-refractivity contribution in [3.05, 3.63) is 0 Å². The van der Waals surface area contributed by atoms with E-state index < -0.39 is 73.0 Å². The smallest absolute Gasteiger partial charge is 0.292 e. The van der Waals surface area contributed by atoms with Gasteiger partial charge in [0, 0.05) is 0 Å². The van der Waals surface area contributed by atoms with Gasteiger partial charge >= 0.3 is 0 Å². The van der Waals surface area contributed by atoms with Gasteiger partial charge in [0.2, 0.25) is 0 Å². The van der Waals surface area contributed by atoms with Crippen LogP contribution in [0.4, 0.5) is 0 Å². The second-order valence-electron chi connectivity index (χ2n) is 5.07. The molecule has 11 N–H and O–H groups in total. The molecule has 0 aliphatic rings. The van der Waals surface area contributed by atoms with Gasteiger partial charge < -0.3 is 35.7 Å². The molecule has 0 aliphatic heterocycles. The highest BCUT2D eigenvalue weighted by atomic mass is 32.2. The van der Waals surface area contributed by atoms with Gasteiger partial charge in [-0.15, -0.1) is 0 Å². The molecule has 0 bridgehead atoms. The minimum absolute atomic E-state index is 2.16. The Bertz CT molecular complexity index is 673. The third-order valence-electron chi connectivity index (χ3n) is 3.09. The van der Waals surface area contributed by atoms with E-state index >= 15 is 0 Å². The molecule has 0 spiro atoms. The number of sulfonamides is 2. The summed E-state index contributed by atoms with van der Waals surface area (Å²) in [5.74, 6) is 0. The first kappa shape index (κ1) is 24.9. The summed E-state index contributed by atoms with van der Waals surface area (Å²) in [6, 6.07) is 0. The van der Waals surface area contributed by atoms with E-state index in [1.807, 2.05) is 0 Å². The fraction of sp³-hybridized carbons (Fsp3) is 0.778. The summed E-state index contributed by atoms with van der Waals surface area (Å²) < 4.78 is 43.0. The monoisotopic (exact) mass is 426 g/mol. The van der Waals surface area contributed by atoms with Crippen LogP contribution in [0, 0.1) is 0 Å². The van der Waals surface area contributed by atoms with Crippen LogP contribution in [-0.2, 0) is 29.6 Å². The maximum atomic E-state index is 11.2. The van der Waals surface area contributed by atoms with E-state index in [0.717, 1.165) is 0 Å². The van der Waals surface area contributed by atoms with E-state index in [-0.39, 0.29) is 0 Å². The number of rotatable bonds is 8. The molecular formula is C9H18N2O13S2. The van der Waals surface area contributed by atoms with E-state index in [4.69, 9.17) is 0 Å². The van der Waals surface area contributed by atoms with Crippen LogP contribution in [0.25, 0.3) is 0 Å². The van der Waals surface area contributed by atoms with Gasteiger partial charge in [0.15, 0.2) is 12.2 Å². The molecule has 0 rings (SSSR count). The van der Waals surface area contributed by atoms with E-state index in [0.29, 0.717) is 0 Å². The molecule has 0 aromatic carbocycles. The van der Waals surface area contributed by atoms with Crippen LogP contribution >= 0.6 is 0 Å². The largest absolute Gasteiger partial charge is 0.387 e. The van der Waals surface area contributed by atoms with Crippen LogP contribution in [0.2, 0.25) is 0 Å². The number of hydrogen-bond acceptors (Lipinski definition) is 13. The minimum Gasteiger partial charge on any atom is -0.387 e. The van der Waals surface area contributed by atoms with Gasteiger partial charge in [0.1, 0.15) is 30.5 Å². The van der Waals surface area contributed by atoms with E-state index in [2.05, 4.69) is 10.3 Å². The van der Waals surface area contributed by atoms with E-state index in [1.54, 1.807) is 0 Å². The van der Waals surface area contributed by atoms with Crippen molar-refractivity contribution in [2.24, 2.45) is 10.3 Å². The molecule has 154 valence electrons. The molecular weight excluding hydrogens is 408 g/mol. The maximum Gasteiger partial charge on any atom is 0.292 e. The number of carbonyl (C=O) groups is 2. The minimum atomic E-state index is -5.00. The SMILES string of the molecule is NS(=O)(=O)C(=O)C(O)C(O)C(O)C(O)C(O)C(O)C(O)C(=O)S(N)(=O)=O. The normalized spacial score (nSPS) is 21.1. The molecule has 0 saturated carbocycles. The van der Waals surface area contributed by atoms with Crippen LogP contribution in [0.1, 0.15) is 0 Å². The summed E-state index contributed by atoms with van der Waals surface area (Å²) in [7, 11) is -10.0. The van der Waals surface area contributed by atoms with Crippen LogP contribution in [0.15, 0.2) is 0 Å². The molecule has 26 heavy (non-hydrogen) atoms. The summed E-state index contributed by atoms with van der Waals surface area (Å²) >= 11 is 0. The zero-order chi connectivity index (χ0) is 21.2. The third kappa shape index (κ3) is 5.96. The predicted molar refractivity (Wildman–Crippen MR) is 78.3 cm³/mol. The summed E-state index contributed by atoms with van der Waals surface area (Å²) in [6.45, 7) is 0. The highest BCUT2D eigenvalue weighted by Crippen LogP contribution is 2.15. The van der Waals surface area contributed by atoms with Gasteiger partial charge in [-0.05, 0) is 0 Å². The van der Waals surface area contributed by atoms with Crippen LogP contribution in [0.5, 0.6) is 0 Å². The van der Waals surface area contributed by atoms with E-state index in [1.165, 1.54) is 0 Å². The van der Waals surface area contributed by atoms with Crippen molar-refractivity contribution in [3.8, 4) is 0 Å². The zero-order valence-corrected chi connectivity index (χ0v) is 14.2. The number of primary sulfonamides is 2. The summed E-state index contributed by atoms with van der Waals surface area (Å²) in [5, 5.41) is 70.6. The van der Waals surface area contributed by atoms with E-state index in [9.17, 15) is 62.2 Å². The Balaban J connectivity index is 5.30. The van der Waals surface area contributed by atoms with Crippen LogP contribution < -0.4 is 10.3 Å². The van der Waals surface area contributed by atoms with Gasteiger partial charge in [-0.25, -0.2) is 27.1 Å². The molecule has 0 fully saturated rings. The van der Waals surface area contributed by atoms with Gasteiger partial charge in [-0.3, -0.25) is 9.59 Å². The Morgan fingerprint density at radius 1 is 0.538 bits per heavy atom. The van der Waals surface area contributed by atoms with Crippen molar-refractivity contribution >= 4 is 30.3 Å². The summed E-state index contributed by atoms with van der Waals surface area (Å²) in [6.07, 6.45) is -19.4. The summed E-state index contributed by atoms with van der Waals surface area (Å²) in [4.78, 5) is 22.3. The molecule has 6 atom stereocenters. The molecule has 6 unspecified atom stereocenters. The Morgan fingerprint density at radius 3 is 0.923 bits per heavy atom.